The number of hydrogen-bond acceptors (Lipinski definition) is 6. The van der Waals surface area contributed by atoms with Crippen LogP contribution in [0, 0.1) is 0 Å². The first-order valence-corrected chi connectivity index (χ1v) is 12.8. The molecule has 1 aliphatic heterocycles. The minimum absolute atomic E-state index is 0.0261. The third kappa shape index (κ3) is 5.27. The lowest BCUT2D eigenvalue weighted by Gasteiger charge is -2.31. The molecule has 178 valence electrons. The van der Waals surface area contributed by atoms with E-state index < -0.39 is 0 Å². The van der Waals surface area contributed by atoms with Crippen LogP contribution in [0.15, 0.2) is 35.2 Å². The Morgan fingerprint density at radius 3 is 2.82 bits per heavy atom. The van der Waals surface area contributed by atoms with Gasteiger partial charge in [0.15, 0.2) is 0 Å². The number of allylic oxidation sites excluding steroid dienone is 1. The highest BCUT2D eigenvalue weighted by molar-refractivity contribution is 7.10. The van der Waals surface area contributed by atoms with Crippen molar-refractivity contribution >= 4 is 40.0 Å². The van der Waals surface area contributed by atoms with Crippen molar-refractivity contribution in [1.29, 1.82) is 0 Å². The number of thiazole rings is 1. The number of likely N-dealkylation sites (tertiary alicyclic amines) is 1. The van der Waals surface area contributed by atoms with Crippen LogP contribution in [0.3, 0.4) is 0 Å². The van der Waals surface area contributed by atoms with Crippen LogP contribution in [0.5, 0.6) is 0 Å². The summed E-state index contributed by atoms with van der Waals surface area (Å²) >= 11 is 1.51. The molecular weight excluding hydrogens is 450 g/mol. The first-order chi connectivity index (χ1) is 16.7. The average Bonchev–Trinajstić information content (AvgIpc) is 3.55. The quantitative estimate of drug-likeness (QED) is 0.452. The van der Waals surface area contributed by atoms with Crippen LogP contribution in [0.2, 0.25) is 0 Å². The van der Waals surface area contributed by atoms with Gasteiger partial charge in [0, 0.05) is 36.6 Å². The van der Waals surface area contributed by atoms with E-state index in [0.29, 0.717) is 36.5 Å². The summed E-state index contributed by atoms with van der Waals surface area (Å²) in [6.07, 6.45) is 9.91. The van der Waals surface area contributed by atoms with Crippen LogP contribution >= 0.6 is 11.3 Å². The second kappa shape index (κ2) is 10.3. The van der Waals surface area contributed by atoms with E-state index in [-0.39, 0.29) is 17.9 Å². The van der Waals surface area contributed by atoms with Crippen LogP contribution in [-0.4, -0.2) is 56.9 Å². The maximum absolute atomic E-state index is 12.7. The summed E-state index contributed by atoms with van der Waals surface area (Å²) in [7, 11) is 0. The van der Waals surface area contributed by atoms with E-state index in [1.165, 1.54) is 42.6 Å². The van der Waals surface area contributed by atoms with Crippen molar-refractivity contribution < 1.29 is 9.59 Å². The number of rotatable bonds is 6. The number of aromatic nitrogens is 4. The van der Waals surface area contributed by atoms with E-state index in [2.05, 4.69) is 37.1 Å². The number of fused-ring (bicyclic) bond motifs is 1. The standard InChI is InChI=1S/C24H29N7O2S/c32-22(26-18-6-7-19-20(14-18)29-30-28-19)21-15-34-23(27-21)17-9-12-31(13-10-17)24(33)25-11-8-16-4-2-1-3-5-16/h4,6-7,14-15,17H,1-3,5,8-13H2,(H,25,33)(H,26,32)(H,28,29,30). The van der Waals surface area contributed by atoms with Gasteiger partial charge in [-0.2, -0.15) is 15.4 Å². The molecule has 0 spiro atoms. The number of aromatic amines is 1. The van der Waals surface area contributed by atoms with Gasteiger partial charge >= 0.3 is 6.03 Å². The van der Waals surface area contributed by atoms with E-state index in [0.717, 1.165) is 29.8 Å². The summed E-state index contributed by atoms with van der Waals surface area (Å²) in [4.78, 5) is 31.7. The highest BCUT2D eigenvalue weighted by Gasteiger charge is 2.26. The summed E-state index contributed by atoms with van der Waals surface area (Å²) in [5.41, 5.74) is 3.99. The molecule has 1 saturated heterocycles. The van der Waals surface area contributed by atoms with Crippen molar-refractivity contribution in [2.45, 2.75) is 50.9 Å². The Kier molecular flexibility index (Phi) is 6.84. The summed E-state index contributed by atoms with van der Waals surface area (Å²) in [5, 5.41) is 19.3. The predicted molar refractivity (Wildman–Crippen MR) is 132 cm³/mol. The highest BCUT2D eigenvalue weighted by Crippen LogP contribution is 2.30. The zero-order valence-corrected chi connectivity index (χ0v) is 19.9. The number of anilines is 1. The molecule has 5 rings (SSSR count). The maximum Gasteiger partial charge on any atom is 0.317 e. The van der Waals surface area contributed by atoms with Gasteiger partial charge in [-0.1, -0.05) is 11.6 Å². The zero-order valence-electron chi connectivity index (χ0n) is 19.0. The minimum Gasteiger partial charge on any atom is -0.338 e. The van der Waals surface area contributed by atoms with E-state index >= 15 is 0 Å². The number of carbonyl (C=O) groups excluding carboxylic acids is 2. The summed E-state index contributed by atoms with van der Waals surface area (Å²) in [6.45, 7) is 2.12. The number of hydrogen-bond donors (Lipinski definition) is 3. The predicted octanol–water partition coefficient (Wildman–Crippen LogP) is 4.45. The number of benzene rings is 1. The molecule has 3 heterocycles. The van der Waals surface area contributed by atoms with Gasteiger partial charge in [0.1, 0.15) is 16.7 Å². The highest BCUT2D eigenvalue weighted by atomic mass is 32.1. The lowest BCUT2D eigenvalue weighted by molar-refractivity contribution is 0.102. The van der Waals surface area contributed by atoms with Gasteiger partial charge in [-0.3, -0.25) is 4.79 Å². The third-order valence-corrected chi connectivity index (χ3v) is 7.57. The Hall–Kier alpha value is -3.27. The van der Waals surface area contributed by atoms with Gasteiger partial charge in [0.05, 0.1) is 5.01 Å². The van der Waals surface area contributed by atoms with Crippen LogP contribution in [-0.2, 0) is 0 Å². The first kappa shape index (κ1) is 22.5. The molecule has 3 N–H and O–H groups in total. The molecule has 0 unspecified atom stereocenters. The molecule has 0 saturated carbocycles. The van der Waals surface area contributed by atoms with Crippen LogP contribution in [0.4, 0.5) is 10.5 Å². The Bertz CT molecular complexity index is 1190. The van der Waals surface area contributed by atoms with Crippen molar-refractivity contribution in [2.24, 2.45) is 0 Å². The lowest BCUT2D eigenvalue weighted by Crippen LogP contribution is -2.44. The number of H-pyrrole nitrogens is 1. The Labute approximate surface area is 202 Å². The molecule has 1 aromatic carbocycles. The number of amides is 3. The third-order valence-electron chi connectivity index (χ3n) is 6.57. The molecule has 0 atom stereocenters. The molecule has 1 fully saturated rings. The monoisotopic (exact) mass is 479 g/mol. The van der Waals surface area contributed by atoms with Crippen LogP contribution in [0.1, 0.15) is 66.4 Å². The van der Waals surface area contributed by atoms with Gasteiger partial charge in [-0.25, -0.2) is 9.78 Å². The second-order valence-electron chi connectivity index (χ2n) is 8.90. The maximum atomic E-state index is 12.7. The molecule has 0 radical (unpaired) electrons. The fourth-order valence-corrected chi connectivity index (χ4v) is 5.57. The molecule has 34 heavy (non-hydrogen) atoms. The molecule has 0 bridgehead atoms. The lowest BCUT2D eigenvalue weighted by atomic mass is 9.97. The largest absolute Gasteiger partial charge is 0.338 e. The fourth-order valence-electron chi connectivity index (χ4n) is 4.60. The molecule has 3 aromatic rings. The van der Waals surface area contributed by atoms with E-state index in [4.69, 9.17) is 0 Å². The molecule has 9 nitrogen and oxygen atoms in total. The number of piperidine rings is 1. The number of urea groups is 1. The van der Waals surface area contributed by atoms with E-state index in [1.54, 1.807) is 23.6 Å². The van der Waals surface area contributed by atoms with Gasteiger partial charge in [-0.05, 0) is 63.1 Å². The van der Waals surface area contributed by atoms with Crippen LogP contribution < -0.4 is 10.6 Å². The normalized spacial score (nSPS) is 16.9. The summed E-state index contributed by atoms with van der Waals surface area (Å²) in [5.74, 6) is 0.0321. The SMILES string of the molecule is O=C(Nc1ccc2n[nH]nc2c1)c1csc(C2CCN(C(=O)NCCC3=CCCCC3)CC2)n1. The van der Waals surface area contributed by atoms with Gasteiger partial charge < -0.3 is 15.5 Å². The fraction of sp³-hybridized carbons (Fsp3) is 0.458. The minimum atomic E-state index is -0.241. The smallest absolute Gasteiger partial charge is 0.317 e. The topological polar surface area (TPSA) is 116 Å². The van der Waals surface area contributed by atoms with Crippen molar-refractivity contribution in [2.75, 3.05) is 25.0 Å². The average molecular weight is 480 g/mol. The van der Waals surface area contributed by atoms with Crippen molar-refractivity contribution in [1.82, 2.24) is 30.6 Å². The molecular formula is C24H29N7O2S. The molecule has 2 aromatic heterocycles. The van der Waals surface area contributed by atoms with Crippen molar-refractivity contribution in [3.05, 3.63) is 45.9 Å². The van der Waals surface area contributed by atoms with E-state index in [9.17, 15) is 9.59 Å². The first-order valence-electron chi connectivity index (χ1n) is 11.9. The van der Waals surface area contributed by atoms with Crippen LogP contribution in [0.25, 0.3) is 11.0 Å². The summed E-state index contributed by atoms with van der Waals surface area (Å²) in [6, 6.07) is 5.40. The number of nitrogens with one attached hydrogen (secondary N) is 3. The zero-order chi connectivity index (χ0) is 23.3. The Morgan fingerprint density at radius 2 is 2.00 bits per heavy atom. The van der Waals surface area contributed by atoms with E-state index in [1.807, 2.05) is 4.90 Å². The van der Waals surface area contributed by atoms with Gasteiger partial charge in [-0.15, -0.1) is 11.3 Å². The number of nitrogens with zero attached hydrogens (tertiary/aromatic N) is 4. The van der Waals surface area contributed by atoms with Crippen molar-refractivity contribution in [3.63, 3.8) is 0 Å². The van der Waals surface area contributed by atoms with Gasteiger partial charge in [0.2, 0.25) is 0 Å². The molecule has 10 heteroatoms. The Morgan fingerprint density at radius 1 is 1.15 bits per heavy atom. The van der Waals surface area contributed by atoms with Gasteiger partial charge in [0.25, 0.3) is 5.91 Å². The second-order valence-corrected chi connectivity index (χ2v) is 9.79. The van der Waals surface area contributed by atoms with Crippen molar-refractivity contribution in [3.8, 4) is 0 Å². The number of carbonyl (C=O) groups is 2. The molecule has 2 aliphatic rings. The Balaban J connectivity index is 1.09. The summed E-state index contributed by atoms with van der Waals surface area (Å²) < 4.78 is 0. The molecule has 1 aliphatic carbocycles. The molecule has 3 amide bonds.